The van der Waals surface area contributed by atoms with E-state index in [1.54, 1.807) is 0 Å². The van der Waals surface area contributed by atoms with E-state index in [-0.39, 0.29) is 10.7 Å². The van der Waals surface area contributed by atoms with Gasteiger partial charge in [-0.25, -0.2) is 0 Å². The second-order valence-corrected chi connectivity index (χ2v) is 6.79. The molecule has 0 spiro atoms. The first-order valence-corrected chi connectivity index (χ1v) is 8.26. The van der Waals surface area contributed by atoms with Crippen LogP contribution in [-0.2, 0) is 11.3 Å². The third-order valence-electron chi connectivity index (χ3n) is 3.65. The van der Waals surface area contributed by atoms with Gasteiger partial charge in [0.15, 0.2) is 0 Å². The van der Waals surface area contributed by atoms with Crippen LogP contribution in [0.15, 0.2) is 42.1 Å². The number of allylic oxidation sites excluding steroid dienone is 1. The Balaban J connectivity index is 2.14. The summed E-state index contributed by atoms with van der Waals surface area (Å²) in [6.07, 6.45) is 8.18. The predicted octanol–water partition coefficient (Wildman–Crippen LogP) is 4.65. The molecule has 1 aliphatic carbocycles. The monoisotopic (exact) mass is 335 g/mol. The van der Waals surface area contributed by atoms with Gasteiger partial charge in [0.1, 0.15) is 0 Å². The Hall–Kier alpha value is -1.09. The zero-order valence-electron chi connectivity index (χ0n) is 12.0. The van der Waals surface area contributed by atoms with Gasteiger partial charge in [0.25, 0.3) is 0 Å². The number of rotatable bonds is 4. The SMILES string of the molecule is CC(Br)C(=O)N(C=C1CCCCC1)Cc1ccccc1. The molecule has 0 heterocycles. The van der Waals surface area contributed by atoms with Crippen molar-refractivity contribution in [3.05, 3.63) is 47.7 Å². The summed E-state index contributed by atoms with van der Waals surface area (Å²) in [4.78, 5) is 14.1. The third-order valence-corrected chi connectivity index (χ3v) is 4.04. The summed E-state index contributed by atoms with van der Waals surface area (Å²) >= 11 is 3.40. The normalized spacial score (nSPS) is 16.6. The molecule has 0 aliphatic heterocycles. The summed E-state index contributed by atoms with van der Waals surface area (Å²) in [5.41, 5.74) is 2.58. The fourth-order valence-corrected chi connectivity index (χ4v) is 2.81. The summed E-state index contributed by atoms with van der Waals surface area (Å²) < 4.78 is 0. The number of carbonyl (C=O) groups is 1. The highest BCUT2D eigenvalue weighted by atomic mass is 79.9. The quantitative estimate of drug-likeness (QED) is 0.733. The highest BCUT2D eigenvalue weighted by Gasteiger charge is 2.18. The van der Waals surface area contributed by atoms with E-state index in [1.807, 2.05) is 30.0 Å². The van der Waals surface area contributed by atoms with Crippen LogP contribution < -0.4 is 0 Å². The molecule has 0 bridgehead atoms. The van der Waals surface area contributed by atoms with Gasteiger partial charge in [0, 0.05) is 6.20 Å². The third kappa shape index (κ3) is 4.48. The van der Waals surface area contributed by atoms with Crippen molar-refractivity contribution in [3.63, 3.8) is 0 Å². The van der Waals surface area contributed by atoms with E-state index >= 15 is 0 Å². The molecule has 3 heteroatoms. The Bertz CT molecular complexity index is 459. The van der Waals surface area contributed by atoms with Crippen molar-refractivity contribution in [3.8, 4) is 0 Å². The van der Waals surface area contributed by atoms with E-state index < -0.39 is 0 Å². The van der Waals surface area contributed by atoms with Crippen molar-refractivity contribution in [2.24, 2.45) is 0 Å². The number of hydrogen-bond acceptors (Lipinski definition) is 1. The van der Waals surface area contributed by atoms with Crippen molar-refractivity contribution in [1.82, 2.24) is 4.90 Å². The Kier molecular flexibility index (Phi) is 5.84. The lowest BCUT2D eigenvalue weighted by Gasteiger charge is -2.23. The van der Waals surface area contributed by atoms with E-state index in [1.165, 1.54) is 30.4 Å². The van der Waals surface area contributed by atoms with E-state index in [0.29, 0.717) is 6.54 Å². The van der Waals surface area contributed by atoms with Crippen molar-refractivity contribution < 1.29 is 4.79 Å². The topological polar surface area (TPSA) is 20.3 Å². The Morgan fingerprint density at radius 2 is 1.90 bits per heavy atom. The number of benzene rings is 1. The molecule has 2 nitrogen and oxygen atoms in total. The van der Waals surface area contributed by atoms with Crippen molar-refractivity contribution in [2.45, 2.75) is 50.4 Å². The van der Waals surface area contributed by atoms with Crippen molar-refractivity contribution >= 4 is 21.8 Å². The van der Waals surface area contributed by atoms with Crippen LogP contribution in [0.3, 0.4) is 0 Å². The van der Waals surface area contributed by atoms with Gasteiger partial charge in [-0.1, -0.05) is 58.3 Å². The van der Waals surface area contributed by atoms with Gasteiger partial charge in [-0.05, 0) is 38.2 Å². The number of carbonyl (C=O) groups excluding carboxylic acids is 1. The van der Waals surface area contributed by atoms with E-state index in [4.69, 9.17) is 0 Å². The van der Waals surface area contributed by atoms with Gasteiger partial charge in [0.05, 0.1) is 11.4 Å². The van der Waals surface area contributed by atoms with Crippen molar-refractivity contribution in [2.75, 3.05) is 0 Å². The fraction of sp³-hybridized carbons (Fsp3) is 0.471. The summed E-state index contributed by atoms with van der Waals surface area (Å²) in [6, 6.07) is 10.2. The van der Waals surface area contributed by atoms with Gasteiger partial charge in [-0.2, -0.15) is 0 Å². The molecule has 0 radical (unpaired) electrons. The molecule has 20 heavy (non-hydrogen) atoms. The number of hydrogen-bond donors (Lipinski definition) is 0. The minimum atomic E-state index is -0.147. The molecule has 1 fully saturated rings. The molecule has 1 aromatic carbocycles. The lowest BCUT2D eigenvalue weighted by atomic mass is 9.95. The van der Waals surface area contributed by atoms with Gasteiger partial charge >= 0.3 is 0 Å². The second kappa shape index (κ2) is 7.63. The Morgan fingerprint density at radius 3 is 2.50 bits per heavy atom. The van der Waals surface area contributed by atoms with Crippen LogP contribution in [0.4, 0.5) is 0 Å². The molecule has 2 rings (SSSR count). The maximum Gasteiger partial charge on any atom is 0.240 e. The first-order chi connectivity index (χ1) is 9.66. The number of nitrogens with zero attached hydrogens (tertiary/aromatic N) is 1. The smallest absolute Gasteiger partial charge is 0.240 e. The average Bonchev–Trinajstić information content (AvgIpc) is 2.48. The molecule has 1 aromatic rings. The first-order valence-electron chi connectivity index (χ1n) is 7.35. The van der Waals surface area contributed by atoms with Crippen LogP contribution in [0.1, 0.15) is 44.6 Å². The van der Waals surface area contributed by atoms with Gasteiger partial charge < -0.3 is 4.90 Å². The maximum atomic E-state index is 12.4. The minimum Gasteiger partial charge on any atom is -0.314 e. The van der Waals surface area contributed by atoms with Gasteiger partial charge in [0.2, 0.25) is 5.91 Å². The predicted molar refractivity (Wildman–Crippen MR) is 86.5 cm³/mol. The lowest BCUT2D eigenvalue weighted by Crippen LogP contribution is -2.31. The largest absolute Gasteiger partial charge is 0.314 e. The molecule has 1 unspecified atom stereocenters. The summed E-state index contributed by atoms with van der Waals surface area (Å²) in [5, 5.41) is 0. The maximum absolute atomic E-state index is 12.4. The number of amides is 1. The van der Waals surface area contributed by atoms with Crippen LogP contribution in [0.2, 0.25) is 0 Å². The zero-order chi connectivity index (χ0) is 14.4. The van der Waals surface area contributed by atoms with Gasteiger partial charge in [-0.15, -0.1) is 0 Å². The summed E-state index contributed by atoms with van der Waals surface area (Å²) in [6.45, 7) is 2.54. The van der Waals surface area contributed by atoms with Crippen LogP contribution >= 0.6 is 15.9 Å². The molecular weight excluding hydrogens is 314 g/mol. The molecule has 0 aromatic heterocycles. The van der Waals surface area contributed by atoms with Crippen LogP contribution in [0.25, 0.3) is 0 Å². The summed E-state index contributed by atoms with van der Waals surface area (Å²) in [5.74, 6) is 0.131. The molecule has 1 saturated carbocycles. The summed E-state index contributed by atoms with van der Waals surface area (Å²) in [7, 11) is 0. The highest BCUT2D eigenvalue weighted by Crippen LogP contribution is 2.24. The standard InChI is InChI=1S/C17H22BrNO/c1-14(18)17(20)19(12-15-8-4-2-5-9-15)13-16-10-6-3-7-11-16/h2,4-5,8-9,13-14H,3,6-7,10-12H2,1H3. The fourth-order valence-electron chi connectivity index (χ4n) is 2.55. The van der Waals surface area contributed by atoms with E-state index in [0.717, 1.165) is 12.8 Å². The molecule has 108 valence electrons. The molecular formula is C17H22BrNO. The average molecular weight is 336 g/mol. The highest BCUT2D eigenvalue weighted by molar-refractivity contribution is 9.10. The lowest BCUT2D eigenvalue weighted by molar-refractivity contribution is -0.128. The van der Waals surface area contributed by atoms with Crippen LogP contribution in [-0.4, -0.2) is 15.6 Å². The Morgan fingerprint density at radius 1 is 1.25 bits per heavy atom. The molecule has 0 N–H and O–H groups in total. The molecule has 1 atom stereocenters. The first kappa shape index (κ1) is 15.3. The molecule has 1 amide bonds. The van der Waals surface area contributed by atoms with Crippen LogP contribution in [0.5, 0.6) is 0 Å². The van der Waals surface area contributed by atoms with Crippen molar-refractivity contribution in [1.29, 1.82) is 0 Å². The molecule has 0 saturated heterocycles. The molecule has 1 aliphatic rings. The zero-order valence-corrected chi connectivity index (χ0v) is 13.6. The van der Waals surface area contributed by atoms with E-state index in [9.17, 15) is 4.79 Å². The van der Waals surface area contributed by atoms with E-state index in [2.05, 4.69) is 34.3 Å². The van der Waals surface area contributed by atoms with Gasteiger partial charge in [-0.3, -0.25) is 4.79 Å². The Labute approximate surface area is 130 Å². The second-order valence-electron chi connectivity index (χ2n) is 5.42. The number of halogens is 1. The minimum absolute atomic E-state index is 0.131. The number of alkyl halides is 1. The van der Waals surface area contributed by atoms with Crippen LogP contribution in [0, 0.1) is 0 Å².